The van der Waals surface area contributed by atoms with Crippen molar-refractivity contribution in [3.05, 3.63) is 42.1 Å². The van der Waals surface area contributed by atoms with Gasteiger partial charge in [0.05, 0.1) is 16.2 Å². The standard InChI is InChI=1S/C15H12F3N5O3S/c1-2-27(25,26)10-3-8(14(19)24)5-20-13(10)9-6-23-7-21-11(15(16,17)18)4-12(23)22-9/h3-7H,2H2,1H3,(H2,19,24). The van der Waals surface area contributed by atoms with Crippen LogP contribution in [-0.2, 0) is 16.0 Å². The van der Waals surface area contributed by atoms with Crippen molar-refractivity contribution >= 4 is 21.4 Å². The van der Waals surface area contributed by atoms with E-state index in [0.29, 0.717) is 0 Å². The fourth-order valence-corrected chi connectivity index (χ4v) is 3.39. The average Bonchev–Trinajstić information content (AvgIpc) is 3.03. The number of sulfone groups is 1. The van der Waals surface area contributed by atoms with E-state index in [-0.39, 0.29) is 33.2 Å². The molecule has 0 bridgehead atoms. The predicted molar refractivity (Wildman–Crippen MR) is 87.5 cm³/mol. The van der Waals surface area contributed by atoms with Gasteiger partial charge in [-0.25, -0.2) is 18.4 Å². The van der Waals surface area contributed by atoms with Crippen molar-refractivity contribution in [2.75, 3.05) is 5.75 Å². The van der Waals surface area contributed by atoms with Crippen LogP contribution in [0.25, 0.3) is 17.0 Å². The molecule has 1 amide bonds. The van der Waals surface area contributed by atoms with Crippen LogP contribution in [0.2, 0.25) is 0 Å². The summed E-state index contributed by atoms with van der Waals surface area (Å²) in [4.78, 5) is 22.3. The number of pyridine rings is 1. The van der Waals surface area contributed by atoms with Gasteiger partial charge in [0.2, 0.25) is 5.91 Å². The lowest BCUT2D eigenvalue weighted by Gasteiger charge is -2.08. The number of carbonyl (C=O) groups excluding carboxylic acids is 1. The van der Waals surface area contributed by atoms with Gasteiger partial charge in [-0.05, 0) is 6.07 Å². The first-order chi connectivity index (χ1) is 12.5. The van der Waals surface area contributed by atoms with Crippen LogP contribution in [0.3, 0.4) is 0 Å². The highest BCUT2D eigenvalue weighted by Crippen LogP contribution is 2.30. The minimum absolute atomic E-state index is 0.0131. The molecule has 2 N–H and O–H groups in total. The molecule has 0 saturated carbocycles. The van der Waals surface area contributed by atoms with Crippen LogP contribution in [0, 0.1) is 0 Å². The number of nitrogens with two attached hydrogens (primary N) is 1. The molecule has 0 radical (unpaired) electrons. The molecule has 0 aromatic carbocycles. The number of rotatable bonds is 4. The van der Waals surface area contributed by atoms with Crippen molar-refractivity contribution in [1.29, 1.82) is 0 Å². The molecule has 0 saturated heterocycles. The van der Waals surface area contributed by atoms with E-state index in [4.69, 9.17) is 5.73 Å². The molecule has 0 aliphatic heterocycles. The molecular weight excluding hydrogens is 387 g/mol. The highest BCUT2D eigenvalue weighted by atomic mass is 32.2. The topological polar surface area (TPSA) is 120 Å². The average molecular weight is 399 g/mol. The Balaban J connectivity index is 2.22. The Bertz CT molecular complexity index is 1160. The normalized spacial score (nSPS) is 12.4. The van der Waals surface area contributed by atoms with Gasteiger partial charge in [0.15, 0.2) is 9.84 Å². The SMILES string of the molecule is CCS(=O)(=O)c1cc(C(N)=O)cnc1-c1cn2cnc(C(F)(F)F)cc2n1. The summed E-state index contributed by atoms with van der Waals surface area (Å²) in [7, 11) is -3.82. The molecule has 0 aliphatic rings. The van der Waals surface area contributed by atoms with Gasteiger partial charge in [-0.2, -0.15) is 13.2 Å². The Morgan fingerprint density at radius 2 is 1.96 bits per heavy atom. The molecule has 3 aromatic rings. The lowest BCUT2D eigenvalue weighted by molar-refractivity contribution is -0.141. The molecule has 0 spiro atoms. The van der Waals surface area contributed by atoms with E-state index in [0.717, 1.165) is 24.7 Å². The summed E-state index contributed by atoms with van der Waals surface area (Å²) >= 11 is 0. The molecular formula is C15H12F3N5O3S. The lowest BCUT2D eigenvalue weighted by atomic mass is 10.2. The highest BCUT2D eigenvalue weighted by molar-refractivity contribution is 7.91. The molecule has 142 valence electrons. The summed E-state index contributed by atoms with van der Waals surface area (Å²) in [6, 6.07) is 1.81. The molecule has 3 heterocycles. The molecule has 0 fully saturated rings. The van der Waals surface area contributed by atoms with Crippen LogP contribution in [0.5, 0.6) is 0 Å². The maximum Gasteiger partial charge on any atom is 0.433 e. The van der Waals surface area contributed by atoms with Crippen molar-refractivity contribution in [1.82, 2.24) is 19.4 Å². The molecule has 12 heteroatoms. The second-order valence-corrected chi connectivity index (χ2v) is 7.75. The fraction of sp³-hybridized carbons (Fsp3) is 0.200. The zero-order valence-electron chi connectivity index (χ0n) is 13.7. The third-order valence-corrected chi connectivity index (χ3v) is 5.47. The summed E-state index contributed by atoms with van der Waals surface area (Å²) < 4.78 is 64.4. The number of imidazole rings is 1. The number of carbonyl (C=O) groups is 1. The first-order valence-corrected chi connectivity index (χ1v) is 9.13. The van der Waals surface area contributed by atoms with E-state index in [1.165, 1.54) is 17.5 Å². The van der Waals surface area contributed by atoms with Crippen LogP contribution in [-0.4, -0.2) is 39.4 Å². The number of alkyl halides is 3. The minimum Gasteiger partial charge on any atom is -0.366 e. The van der Waals surface area contributed by atoms with Crippen molar-refractivity contribution in [2.45, 2.75) is 18.0 Å². The molecule has 0 aliphatic carbocycles. The van der Waals surface area contributed by atoms with E-state index in [1.807, 2.05) is 0 Å². The van der Waals surface area contributed by atoms with Gasteiger partial charge in [-0.3, -0.25) is 14.2 Å². The van der Waals surface area contributed by atoms with Gasteiger partial charge in [0.25, 0.3) is 0 Å². The number of amides is 1. The molecule has 3 aromatic heterocycles. The first-order valence-electron chi connectivity index (χ1n) is 7.48. The maximum atomic E-state index is 12.8. The van der Waals surface area contributed by atoms with Crippen LogP contribution < -0.4 is 5.73 Å². The number of aromatic nitrogens is 4. The first kappa shape index (κ1) is 18.8. The van der Waals surface area contributed by atoms with E-state index < -0.39 is 27.6 Å². The summed E-state index contributed by atoms with van der Waals surface area (Å²) in [5.74, 6) is -1.15. The number of hydrogen-bond acceptors (Lipinski definition) is 6. The van der Waals surface area contributed by atoms with Gasteiger partial charge in [0, 0.05) is 18.5 Å². The summed E-state index contributed by atoms with van der Waals surface area (Å²) in [5, 5.41) is 0. The maximum absolute atomic E-state index is 12.8. The van der Waals surface area contributed by atoms with E-state index in [1.54, 1.807) is 0 Å². The summed E-state index contributed by atoms with van der Waals surface area (Å²) in [6.07, 6.45) is -1.36. The zero-order chi connectivity index (χ0) is 20.0. The fourth-order valence-electron chi connectivity index (χ4n) is 2.32. The van der Waals surface area contributed by atoms with Gasteiger partial charge in [0.1, 0.15) is 29.1 Å². The summed E-state index contributed by atoms with van der Waals surface area (Å²) in [5.41, 5.74) is 3.74. The van der Waals surface area contributed by atoms with Gasteiger partial charge >= 0.3 is 6.18 Å². The number of primary amides is 1. The van der Waals surface area contributed by atoms with Crippen molar-refractivity contribution in [3.8, 4) is 11.4 Å². The molecule has 0 unspecified atom stereocenters. The van der Waals surface area contributed by atoms with Crippen molar-refractivity contribution in [3.63, 3.8) is 0 Å². The third-order valence-electron chi connectivity index (χ3n) is 3.73. The molecule has 3 rings (SSSR count). The zero-order valence-corrected chi connectivity index (χ0v) is 14.5. The molecule has 0 atom stereocenters. The number of fused-ring (bicyclic) bond motifs is 1. The lowest BCUT2D eigenvalue weighted by Crippen LogP contribution is -2.14. The van der Waals surface area contributed by atoms with E-state index >= 15 is 0 Å². The monoisotopic (exact) mass is 399 g/mol. The highest BCUT2D eigenvalue weighted by Gasteiger charge is 2.33. The Labute approximate surface area is 150 Å². The van der Waals surface area contributed by atoms with E-state index in [9.17, 15) is 26.4 Å². The summed E-state index contributed by atoms with van der Waals surface area (Å²) in [6.45, 7) is 1.40. The van der Waals surface area contributed by atoms with Gasteiger partial charge in [-0.1, -0.05) is 6.92 Å². The van der Waals surface area contributed by atoms with Gasteiger partial charge in [-0.15, -0.1) is 0 Å². The number of nitrogens with zero attached hydrogens (tertiary/aromatic N) is 4. The largest absolute Gasteiger partial charge is 0.433 e. The second-order valence-electron chi connectivity index (χ2n) is 5.50. The third kappa shape index (κ3) is 3.47. The van der Waals surface area contributed by atoms with Crippen LogP contribution >= 0.6 is 0 Å². The Morgan fingerprint density at radius 3 is 2.56 bits per heavy atom. The smallest absolute Gasteiger partial charge is 0.366 e. The predicted octanol–water partition coefficient (Wildman–Crippen LogP) is 1.70. The Morgan fingerprint density at radius 1 is 1.26 bits per heavy atom. The number of hydrogen-bond donors (Lipinski definition) is 1. The Hall–Kier alpha value is -3.02. The van der Waals surface area contributed by atoms with Crippen LogP contribution in [0.15, 0.2) is 35.7 Å². The van der Waals surface area contributed by atoms with Crippen LogP contribution in [0.4, 0.5) is 13.2 Å². The minimum atomic E-state index is -4.65. The molecule has 8 nitrogen and oxygen atoms in total. The Kier molecular flexibility index (Phi) is 4.38. The van der Waals surface area contributed by atoms with E-state index in [2.05, 4.69) is 15.0 Å². The quantitative estimate of drug-likeness (QED) is 0.713. The van der Waals surface area contributed by atoms with Crippen molar-refractivity contribution < 1.29 is 26.4 Å². The molecule has 27 heavy (non-hydrogen) atoms. The number of halogens is 3. The second kappa shape index (κ2) is 6.30. The van der Waals surface area contributed by atoms with Crippen molar-refractivity contribution in [2.24, 2.45) is 5.73 Å². The van der Waals surface area contributed by atoms with Crippen LogP contribution in [0.1, 0.15) is 23.0 Å². The van der Waals surface area contributed by atoms with Gasteiger partial charge < -0.3 is 5.73 Å².